The zero-order valence-corrected chi connectivity index (χ0v) is 19.1. The van der Waals surface area contributed by atoms with E-state index in [0.717, 1.165) is 16.8 Å². The van der Waals surface area contributed by atoms with E-state index in [1.807, 2.05) is 49.3 Å². The van der Waals surface area contributed by atoms with Crippen molar-refractivity contribution in [1.82, 2.24) is 4.90 Å². The largest absolute Gasteiger partial charge is 0.378 e. The van der Waals surface area contributed by atoms with E-state index in [2.05, 4.69) is 16.8 Å². The summed E-state index contributed by atoms with van der Waals surface area (Å²) in [5.41, 5.74) is 2.99. The lowest BCUT2D eigenvalue weighted by molar-refractivity contribution is -0.125. The Hall–Kier alpha value is -2.28. The molecule has 156 valence electrons. The number of halogens is 2. The number of hydrogen-bond donors (Lipinski definition) is 0. The molecule has 3 rings (SSSR count). The standard InChI is InChI=1S/C22H22Cl2N4OS/c1-4-11-28-21(29)20(13-16-7-10-18(23)19(24)12-16)30-22(28)26-25-14-15-5-8-17(9-6-15)27(2)3/h4-10,12,14,20H,1,11,13H2,2-3H3/b25-14+,26-22-. The van der Waals surface area contributed by atoms with Crippen LogP contribution in [0.25, 0.3) is 0 Å². The Morgan fingerprint density at radius 3 is 2.53 bits per heavy atom. The molecule has 1 aliphatic heterocycles. The first-order valence-electron chi connectivity index (χ1n) is 9.30. The second-order valence-corrected chi connectivity index (χ2v) is 8.89. The number of nitrogens with zero attached hydrogens (tertiary/aromatic N) is 4. The Bertz CT molecular complexity index is 989. The van der Waals surface area contributed by atoms with Crippen LogP contribution in [0, 0.1) is 0 Å². The van der Waals surface area contributed by atoms with Crippen molar-refractivity contribution in [2.75, 3.05) is 25.5 Å². The molecule has 30 heavy (non-hydrogen) atoms. The molecule has 5 nitrogen and oxygen atoms in total. The maximum Gasteiger partial charge on any atom is 0.242 e. The molecule has 0 N–H and O–H groups in total. The molecule has 2 aromatic rings. The number of hydrogen-bond acceptors (Lipinski definition) is 5. The van der Waals surface area contributed by atoms with Crippen molar-refractivity contribution in [2.45, 2.75) is 11.7 Å². The van der Waals surface area contributed by atoms with E-state index >= 15 is 0 Å². The molecule has 0 bridgehead atoms. The summed E-state index contributed by atoms with van der Waals surface area (Å²) in [7, 11) is 3.98. The van der Waals surface area contributed by atoms with Gasteiger partial charge in [-0.3, -0.25) is 9.69 Å². The summed E-state index contributed by atoms with van der Waals surface area (Å²) < 4.78 is 0. The molecule has 0 aliphatic carbocycles. The second-order valence-electron chi connectivity index (χ2n) is 6.91. The minimum atomic E-state index is -0.296. The van der Waals surface area contributed by atoms with Gasteiger partial charge >= 0.3 is 0 Å². The Labute approximate surface area is 191 Å². The molecule has 1 heterocycles. The van der Waals surface area contributed by atoms with Crippen LogP contribution in [-0.4, -0.2) is 48.1 Å². The van der Waals surface area contributed by atoms with Crippen molar-refractivity contribution in [1.29, 1.82) is 0 Å². The summed E-state index contributed by atoms with van der Waals surface area (Å²) in [4.78, 5) is 16.5. The van der Waals surface area contributed by atoms with Gasteiger partial charge in [0.25, 0.3) is 0 Å². The predicted molar refractivity (Wildman–Crippen MR) is 129 cm³/mol. The first-order chi connectivity index (χ1) is 14.4. The molecule has 1 atom stereocenters. The fraction of sp³-hybridized carbons (Fsp3) is 0.227. The summed E-state index contributed by atoms with van der Waals surface area (Å²) in [5.74, 6) is -0.0183. The lowest BCUT2D eigenvalue weighted by Crippen LogP contribution is -2.32. The lowest BCUT2D eigenvalue weighted by Gasteiger charge is -2.13. The molecule has 0 saturated carbocycles. The second kappa shape index (κ2) is 10.2. The Kier molecular flexibility index (Phi) is 7.58. The molecule has 0 spiro atoms. The number of anilines is 1. The minimum Gasteiger partial charge on any atom is -0.378 e. The fourth-order valence-electron chi connectivity index (χ4n) is 2.90. The van der Waals surface area contributed by atoms with E-state index in [4.69, 9.17) is 23.2 Å². The van der Waals surface area contributed by atoms with Crippen LogP contribution >= 0.6 is 35.0 Å². The van der Waals surface area contributed by atoms with Crippen LogP contribution in [0.2, 0.25) is 10.0 Å². The predicted octanol–water partition coefficient (Wildman–Crippen LogP) is 5.12. The highest BCUT2D eigenvalue weighted by molar-refractivity contribution is 8.15. The summed E-state index contributed by atoms with van der Waals surface area (Å²) in [6, 6.07) is 13.4. The van der Waals surface area contributed by atoms with Gasteiger partial charge in [-0.1, -0.05) is 59.2 Å². The van der Waals surface area contributed by atoms with Gasteiger partial charge in [-0.2, -0.15) is 5.10 Å². The van der Waals surface area contributed by atoms with Gasteiger partial charge in [0.1, 0.15) is 0 Å². The fourth-order valence-corrected chi connectivity index (χ4v) is 4.36. The lowest BCUT2D eigenvalue weighted by atomic mass is 10.1. The van der Waals surface area contributed by atoms with Crippen LogP contribution in [0.1, 0.15) is 11.1 Å². The average molecular weight is 461 g/mol. The molecule has 0 radical (unpaired) electrons. The summed E-state index contributed by atoms with van der Waals surface area (Å²) in [5, 5.41) is 9.73. The normalized spacial score (nSPS) is 17.9. The quantitative estimate of drug-likeness (QED) is 0.327. The number of carbonyl (C=O) groups is 1. The number of benzene rings is 2. The van der Waals surface area contributed by atoms with Gasteiger partial charge in [-0.05, 0) is 41.8 Å². The van der Waals surface area contributed by atoms with Crippen LogP contribution < -0.4 is 4.90 Å². The van der Waals surface area contributed by atoms with Crippen molar-refractivity contribution in [2.24, 2.45) is 10.2 Å². The van der Waals surface area contributed by atoms with Gasteiger partial charge in [0.2, 0.25) is 5.91 Å². The number of amides is 1. The zero-order chi connectivity index (χ0) is 21.7. The topological polar surface area (TPSA) is 48.3 Å². The van der Waals surface area contributed by atoms with Gasteiger partial charge in [0.05, 0.1) is 21.5 Å². The average Bonchev–Trinajstić information content (AvgIpc) is 3.00. The van der Waals surface area contributed by atoms with Crippen molar-refractivity contribution in [3.05, 3.63) is 76.3 Å². The van der Waals surface area contributed by atoms with Crippen molar-refractivity contribution in [3.63, 3.8) is 0 Å². The first-order valence-corrected chi connectivity index (χ1v) is 10.9. The molecule has 0 aromatic heterocycles. The van der Waals surface area contributed by atoms with E-state index in [9.17, 15) is 4.79 Å². The van der Waals surface area contributed by atoms with Crippen molar-refractivity contribution < 1.29 is 4.79 Å². The Morgan fingerprint density at radius 2 is 1.90 bits per heavy atom. The monoisotopic (exact) mass is 460 g/mol. The number of amidine groups is 1. The molecular weight excluding hydrogens is 439 g/mol. The molecule has 1 amide bonds. The number of rotatable bonds is 7. The van der Waals surface area contributed by atoms with Crippen molar-refractivity contribution in [3.8, 4) is 0 Å². The smallest absolute Gasteiger partial charge is 0.242 e. The Balaban J connectivity index is 1.74. The highest BCUT2D eigenvalue weighted by Crippen LogP contribution is 2.31. The van der Waals surface area contributed by atoms with Gasteiger partial charge in [0.15, 0.2) is 5.17 Å². The van der Waals surface area contributed by atoms with Crippen LogP contribution in [-0.2, 0) is 11.2 Å². The van der Waals surface area contributed by atoms with Crippen molar-refractivity contribution >= 4 is 57.9 Å². The van der Waals surface area contributed by atoms with Crippen LogP contribution in [0.3, 0.4) is 0 Å². The third kappa shape index (κ3) is 5.45. The molecule has 8 heteroatoms. The zero-order valence-electron chi connectivity index (χ0n) is 16.8. The molecule has 1 unspecified atom stereocenters. The Morgan fingerprint density at radius 1 is 1.17 bits per heavy atom. The SMILES string of the molecule is C=CCN1C(=O)C(Cc2ccc(Cl)c(Cl)c2)S/C1=N\N=C\c1ccc(N(C)C)cc1. The third-order valence-electron chi connectivity index (χ3n) is 4.50. The van der Waals surface area contributed by atoms with E-state index in [1.165, 1.54) is 11.8 Å². The third-order valence-corrected chi connectivity index (χ3v) is 6.40. The summed E-state index contributed by atoms with van der Waals surface area (Å²) >= 11 is 13.5. The molecule has 1 fully saturated rings. The highest BCUT2D eigenvalue weighted by atomic mass is 35.5. The molecular formula is C22H22Cl2N4OS. The van der Waals surface area contributed by atoms with E-state index in [-0.39, 0.29) is 11.2 Å². The van der Waals surface area contributed by atoms with E-state index < -0.39 is 0 Å². The van der Waals surface area contributed by atoms with Gasteiger partial charge < -0.3 is 4.90 Å². The van der Waals surface area contributed by atoms with Gasteiger partial charge in [-0.15, -0.1) is 11.7 Å². The van der Waals surface area contributed by atoms with Gasteiger partial charge in [-0.25, -0.2) is 0 Å². The summed E-state index contributed by atoms with van der Waals surface area (Å²) in [6.45, 7) is 4.13. The molecule has 1 saturated heterocycles. The van der Waals surface area contributed by atoms with Crippen LogP contribution in [0.15, 0.2) is 65.3 Å². The summed E-state index contributed by atoms with van der Waals surface area (Å²) in [6.07, 6.45) is 3.89. The van der Waals surface area contributed by atoms with E-state index in [1.54, 1.807) is 29.3 Å². The van der Waals surface area contributed by atoms with Gasteiger partial charge in [0, 0.05) is 26.3 Å². The number of thioether (sulfide) groups is 1. The maximum atomic E-state index is 12.9. The number of carbonyl (C=O) groups excluding carboxylic acids is 1. The first kappa shape index (κ1) is 22.4. The molecule has 1 aliphatic rings. The maximum absolute atomic E-state index is 12.9. The minimum absolute atomic E-state index is 0.0183. The highest BCUT2D eigenvalue weighted by Gasteiger charge is 2.37. The van der Waals surface area contributed by atoms with Crippen LogP contribution in [0.4, 0.5) is 5.69 Å². The molecule has 2 aromatic carbocycles. The van der Waals surface area contributed by atoms with E-state index in [0.29, 0.717) is 28.2 Å². The van der Waals surface area contributed by atoms with Crippen LogP contribution in [0.5, 0.6) is 0 Å².